The first kappa shape index (κ1) is 15.3. The molecule has 0 amide bonds. The summed E-state index contributed by atoms with van der Waals surface area (Å²) in [5, 5.41) is 13.2. The molecule has 2 aromatic rings. The third-order valence-corrected chi connectivity index (χ3v) is 5.33. The molecule has 0 spiro atoms. The predicted octanol–water partition coefficient (Wildman–Crippen LogP) is 2.15. The molecule has 0 bridgehead atoms. The first-order valence-corrected chi connectivity index (χ1v) is 8.24. The molecule has 0 aliphatic rings. The van der Waals surface area contributed by atoms with Gasteiger partial charge in [-0.15, -0.1) is 0 Å². The minimum atomic E-state index is -3.42. The normalized spacial score (nSPS) is 11.3. The highest BCUT2D eigenvalue weighted by Gasteiger charge is 2.16. The molecular formula is C15H17N3O2S. The van der Waals surface area contributed by atoms with E-state index in [9.17, 15) is 8.42 Å². The number of hydrogen-bond acceptors (Lipinski definition) is 4. The molecule has 0 aliphatic heterocycles. The number of nitrogens with zero attached hydrogens (tertiary/aromatic N) is 3. The van der Waals surface area contributed by atoms with Crippen molar-refractivity contribution in [2.24, 2.45) is 0 Å². The summed E-state index contributed by atoms with van der Waals surface area (Å²) in [5.74, 6) is -0.0384. The highest BCUT2D eigenvalue weighted by Crippen LogP contribution is 2.15. The van der Waals surface area contributed by atoms with Gasteiger partial charge >= 0.3 is 0 Å². The fourth-order valence-electron chi connectivity index (χ4n) is 2.09. The van der Waals surface area contributed by atoms with Crippen LogP contribution in [0.3, 0.4) is 0 Å². The van der Waals surface area contributed by atoms with E-state index in [2.05, 4.69) is 5.10 Å². The summed E-state index contributed by atoms with van der Waals surface area (Å²) in [7, 11) is -3.42. The molecule has 0 aliphatic carbocycles. The van der Waals surface area contributed by atoms with E-state index in [1.54, 1.807) is 16.8 Å². The molecule has 0 fully saturated rings. The summed E-state index contributed by atoms with van der Waals surface area (Å²) in [6.45, 7) is 6.11. The average molecular weight is 303 g/mol. The topological polar surface area (TPSA) is 75.8 Å². The standard InChI is InChI=1S/C15H17N3O2S/c1-11-12(2)17-18(13(11)3)7-8-21(19,20)15-6-4-5-14(9-15)10-16/h4-6,9H,7-8H2,1-3H3. The Bertz CT molecular complexity index is 814. The minimum absolute atomic E-state index is 0.0384. The smallest absolute Gasteiger partial charge is 0.180 e. The van der Waals surface area contributed by atoms with Crippen LogP contribution in [0.1, 0.15) is 22.5 Å². The van der Waals surface area contributed by atoms with Gasteiger partial charge < -0.3 is 0 Å². The van der Waals surface area contributed by atoms with Gasteiger partial charge in [-0.2, -0.15) is 10.4 Å². The number of hydrogen-bond donors (Lipinski definition) is 0. The van der Waals surface area contributed by atoms with Crippen molar-refractivity contribution < 1.29 is 8.42 Å². The molecule has 110 valence electrons. The maximum absolute atomic E-state index is 12.3. The number of benzene rings is 1. The largest absolute Gasteiger partial charge is 0.268 e. The molecule has 0 atom stereocenters. The molecule has 0 radical (unpaired) electrons. The average Bonchev–Trinajstić information content (AvgIpc) is 2.72. The third-order valence-electron chi connectivity index (χ3n) is 3.64. The summed E-state index contributed by atoms with van der Waals surface area (Å²) in [5.41, 5.74) is 3.32. The molecule has 1 aromatic carbocycles. The quantitative estimate of drug-likeness (QED) is 0.867. The third kappa shape index (κ3) is 3.14. The summed E-state index contributed by atoms with van der Waals surface area (Å²) >= 11 is 0. The van der Waals surface area contributed by atoms with Gasteiger partial charge in [0.2, 0.25) is 0 Å². The van der Waals surface area contributed by atoms with Gasteiger partial charge in [-0.25, -0.2) is 8.42 Å². The van der Waals surface area contributed by atoms with Crippen molar-refractivity contribution in [1.82, 2.24) is 9.78 Å². The molecule has 21 heavy (non-hydrogen) atoms. The van der Waals surface area contributed by atoms with Crippen LogP contribution in [-0.2, 0) is 16.4 Å². The van der Waals surface area contributed by atoms with E-state index >= 15 is 0 Å². The van der Waals surface area contributed by atoms with Crippen molar-refractivity contribution in [3.05, 3.63) is 46.8 Å². The molecule has 0 saturated carbocycles. The number of rotatable bonds is 4. The Hall–Kier alpha value is -2.13. The summed E-state index contributed by atoms with van der Waals surface area (Å²) in [6.07, 6.45) is 0. The molecule has 6 heteroatoms. The van der Waals surface area contributed by atoms with Crippen LogP contribution in [0.15, 0.2) is 29.2 Å². The van der Waals surface area contributed by atoms with Gasteiger partial charge in [0.05, 0.1) is 34.5 Å². The zero-order valence-electron chi connectivity index (χ0n) is 12.3. The zero-order valence-corrected chi connectivity index (χ0v) is 13.1. The number of aromatic nitrogens is 2. The lowest BCUT2D eigenvalue weighted by atomic mass is 10.2. The van der Waals surface area contributed by atoms with Crippen molar-refractivity contribution in [3.8, 4) is 6.07 Å². The SMILES string of the molecule is Cc1nn(CCS(=O)(=O)c2cccc(C#N)c2)c(C)c1C. The Morgan fingerprint density at radius 2 is 2.00 bits per heavy atom. The van der Waals surface area contributed by atoms with Crippen molar-refractivity contribution in [2.45, 2.75) is 32.2 Å². The van der Waals surface area contributed by atoms with E-state index in [-0.39, 0.29) is 10.6 Å². The van der Waals surface area contributed by atoms with E-state index in [0.29, 0.717) is 12.1 Å². The van der Waals surface area contributed by atoms with Gasteiger partial charge in [0.1, 0.15) is 0 Å². The molecule has 5 nitrogen and oxygen atoms in total. The van der Waals surface area contributed by atoms with Gasteiger partial charge in [0.15, 0.2) is 9.84 Å². The summed E-state index contributed by atoms with van der Waals surface area (Å²) in [6, 6.07) is 8.04. The predicted molar refractivity (Wildman–Crippen MR) is 79.6 cm³/mol. The molecular weight excluding hydrogens is 286 g/mol. The number of nitriles is 1. The Balaban J connectivity index is 2.22. The second kappa shape index (κ2) is 5.70. The van der Waals surface area contributed by atoms with E-state index in [4.69, 9.17) is 5.26 Å². The van der Waals surface area contributed by atoms with Crippen LogP contribution in [0.5, 0.6) is 0 Å². The second-order valence-corrected chi connectivity index (χ2v) is 7.09. The maximum Gasteiger partial charge on any atom is 0.180 e. The van der Waals surface area contributed by atoms with Gasteiger partial charge in [-0.05, 0) is 44.5 Å². The van der Waals surface area contributed by atoms with Crippen LogP contribution in [-0.4, -0.2) is 24.0 Å². The highest BCUT2D eigenvalue weighted by atomic mass is 32.2. The minimum Gasteiger partial charge on any atom is -0.268 e. The van der Waals surface area contributed by atoms with Crippen LogP contribution < -0.4 is 0 Å². The van der Waals surface area contributed by atoms with E-state index in [1.807, 2.05) is 26.8 Å². The summed E-state index contributed by atoms with van der Waals surface area (Å²) in [4.78, 5) is 0.180. The van der Waals surface area contributed by atoms with E-state index in [0.717, 1.165) is 17.0 Å². The Kier molecular flexibility index (Phi) is 4.14. The van der Waals surface area contributed by atoms with Crippen LogP contribution in [0.25, 0.3) is 0 Å². The maximum atomic E-state index is 12.3. The van der Waals surface area contributed by atoms with Gasteiger partial charge in [0.25, 0.3) is 0 Å². The Morgan fingerprint density at radius 1 is 1.29 bits per heavy atom. The number of sulfone groups is 1. The van der Waals surface area contributed by atoms with Crippen LogP contribution >= 0.6 is 0 Å². The van der Waals surface area contributed by atoms with Crippen molar-refractivity contribution in [2.75, 3.05) is 5.75 Å². The first-order valence-electron chi connectivity index (χ1n) is 6.58. The van der Waals surface area contributed by atoms with Gasteiger partial charge in [-0.1, -0.05) is 6.07 Å². The zero-order chi connectivity index (χ0) is 15.6. The van der Waals surface area contributed by atoms with E-state index < -0.39 is 9.84 Å². The van der Waals surface area contributed by atoms with Crippen molar-refractivity contribution in [1.29, 1.82) is 5.26 Å². The molecule has 0 saturated heterocycles. The van der Waals surface area contributed by atoms with Crippen LogP contribution in [0, 0.1) is 32.1 Å². The first-order chi connectivity index (χ1) is 9.85. The Morgan fingerprint density at radius 3 is 2.57 bits per heavy atom. The van der Waals surface area contributed by atoms with Crippen LogP contribution in [0.4, 0.5) is 0 Å². The lowest BCUT2D eigenvalue weighted by molar-refractivity contribution is 0.576. The Labute approximate surface area is 124 Å². The van der Waals surface area contributed by atoms with Gasteiger partial charge in [-0.3, -0.25) is 4.68 Å². The van der Waals surface area contributed by atoms with Crippen LogP contribution in [0.2, 0.25) is 0 Å². The fraction of sp³-hybridized carbons (Fsp3) is 0.333. The van der Waals surface area contributed by atoms with E-state index in [1.165, 1.54) is 12.1 Å². The lowest BCUT2D eigenvalue weighted by Crippen LogP contribution is -2.15. The second-order valence-electron chi connectivity index (χ2n) is 4.98. The molecule has 1 aromatic heterocycles. The van der Waals surface area contributed by atoms with Crippen molar-refractivity contribution >= 4 is 9.84 Å². The highest BCUT2D eigenvalue weighted by molar-refractivity contribution is 7.91. The molecule has 2 rings (SSSR count). The monoisotopic (exact) mass is 303 g/mol. The van der Waals surface area contributed by atoms with Crippen molar-refractivity contribution in [3.63, 3.8) is 0 Å². The summed E-state index contributed by atoms with van der Waals surface area (Å²) < 4.78 is 26.4. The lowest BCUT2D eigenvalue weighted by Gasteiger charge is -2.07. The fourth-order valence-corrected chi connectivity index (χ4v) is 3.33. The molecule has 0 unspecified atom stereocenters. The van der Waals surface area contributed by atoms with Gasteiger partial charge in [0, 0.05) is 5.69 Å². The number of aryl methyl sites for hydroxylation is 2. The molecule has 0 N–H and O–H groups in total. The molecule has 1 heterocycles.